The number of hydrogen-bond acceptors (Lipinski definition) is 1. The van der Waals surface area contributed by atoms with Crippen molar-refractivity contribution in [3.63, 3.8) is 0 Å². The Morgan fingerprint density at radius 3 is 1.92 bits per heavy atom. The summed E-state index contributed by atoms with van der Waals surface area (Å²) in [6, 6.07) is 0.347. The van der Waals surface area contributed by atoms with Crippen LogP contribution in [-0.4, -0.2) is 6.04 Å². The van der Waals surface area contributed by atoms with Crippen LogP contribution in [0.2, 0.25) is 0 Å². The molecule has 1 fully saturated rings. The molecule has 0 saturated heterocycles. The van der Waals surface area contributed by atoms with E-state index >= 15 is 0 Å². The van der Waals surface area contributed by atoms with Gasteiger partial charge in [-0.2, -0.15) is 0 Å². The maximum absolute atomic E-state index is 6.68. The van der Waals surface area contributed by atoms with E-state index in [2.05, 4.69) is 62.3 Å². The number of hydrogen-bond donors (Lipinski definition) is 1. The first kappa shape index (κ1) is 23.0. The minimum Gasteiger partial charge on any atom is -0.327 e. The van der Waals surface area contributed by atoms with Gasteiger partial charge in [0.1, 0.15) is 0 Å². The van der Waals surface area contributed by atoms with Crippen molar-refractivity contribution < 1.29 is 0 Å². The van der Waals surface area contributed by atoms with Gasteiger partial charge >= 0.3 is 0 Å². The molecular formula is C24H49N. The van der Waals surface area contributed by atoms with Crippen LogP contribution in [0.1, 0.15) is 107 Å². The molecule has 0 aromatic rings. The van der Waals surface area contributed by atoms with Crippen molar-refractivity contribution >= 4 is 0 Å². The van der Waals surface area contributed by atoms with Crippen molar-refractivity contribution in [2.45, 2.75) is 113 Å². The topological polar surface area (TPSA) is 26.0 Å². The fourth-order valence-corrected chi connectivity index (χ4v) is 5.31. The van der Waals surface area contributed by atoms with Gasteiger partial charge in [0.05, 0.1) is 0 Å². The Labute approximate surface area is 159 Å². The summed E-state index contributed by atoms with van der Waals surface area (Å²) in [4.78, 5) is 0. The molecule has 6 atom stereocenters. The summed E-state index contributed by atoms with van der Waals surface area (Å²) in [6.07, 6.45) is 9.08. The molecule has 0 aromatic heterocycles. The highest BCUT2D eigenvalue weighted by Crippen LogP contribution is 2.50. The van der Waals surface area contributed by atoms with Crippen LogP contribution in [0.15, 0.2) is 0 Å². The first-order valence-corrected chi connectivity index (χ1v) is 11.2. The molecule has 1 heteroatoms. The first-order chi connectivity index (χ1) is 11.5. The molecule has 1 nitrogen and oxygen atoms in total. The SMILES string of the molecule is CCC1C(C)C(C)C1CCC(N)C(C)(C)CCCC(C)(C)C(C)CC. The van der Waals surface area contributed by atoms with Crippen LogP contribution in [-0.2, 0) is 0 Å². The largest absolute Gasteiger partial charge is 0.327 e. The van der Waals surface area contributed by atoms with Gasteiger partial charge in [0.2, 0.25) is 0 Å². The summed E-state index contributed by atoms with van der Waals surface area (Å²) in [5.74, 6) is 4.49. The second kappa shape index (κ2) is 9.25. The maximum atomic E-state index is 6.68. The normalized spacial score (nSPS) is 30.0. The van der Waals surface area contributed by atoms with E-state index < -0.39 is 0 Å². The van der Waals surface area contributed by atoms with Gasteiger partial charge in [0.15, 0.2) is 0 Å². The van der Waals surface area contributed by atoms with E-state index in [1.807, 2.05) is 0 Å². The van der Waals surface area contributed by atoms with Gasteiger partial charge in [-0.1, -0.05) is 81.6 Å². The molecule has 1 aliphatic carbocycles. The fraction of sp³-hybridized carbons (Fsp3) is 1.00. The number of nitrogens with two attached hydrogens (primary N) is 1. The van der Waals surface area contributed by atoms with E-state index in [-0.39, 0.29) is 5.41 Å². The Morgan fingerprint density at radius 1 is 0.880 bits per heavy atom. The smallest absolute Gasteiger partial charge is 0.00903 e. The van der Waals surface area contributed by atoms with Gasteiger partial charge < -0.3 is 5.73 Å². The molecule has 0 heterocycles. The molecule has 1 rings (SSSR count). The lowest BCUT2D eigenvalue weighted by Crippen LogP contribution is -2.45. The minimum absolute atomic E-state index is 0.270. The van der Waals surface area contributed by atoms with Gasteiger partial charge in [-0.25, -0.2) is 0 Å². The van der Waals surface area contributed by atoms with Crippen LogP contribution >= 0.6 is 0 Å². The molecule has 0 amide bonds. The zero-order valence-electron chi connectivity index (χ0n) is 19.0. The second-order valence-electron chi connectivity index (χ2n) is 10.8. The Morgan fingerprint density at radius 2 is 1.40 bits per heavy atom. The van der Waals surface area contributed by atoms with Gasteiger partial charge in [-0.15, -0.1) is 0 Å². The van der Waals surface area contributed by atoms with Crippen LogP contribution in [0.5, 0.6) is 0 Å². The predicted molar refractivity (Wildman–Crippen MR) is 114 cm³/mol. The molecule has 2 N–H and O–H groups in total. The average molecular weight is 352 g/mol. The summed E-state index contributed by atoms with van der Waals surface area (Å²) in [7, 11) is 0. The van der Waals surface area contributed by atoms with Crippen LogP contribution in [0.4, 0.5) is 0 Å². The Balaban J connectivity index is 2.42. The lowest BCUT2D eigenvalue weighted by molar-refractivity contribution is -0.0108. The van der Waals surface area contributed by atoms with Crippen LogP contribution in [0.25, 0.3) is 0 Å². The van der Waals surface area contributed by atoms with Crippen molar-refractivity contribution in [2.75, 3.05) is 0 Å². The summed E-state index contributed by atoms with van der Waals surface area (Å²) < 4.78 is 0. The van der Waals surface area contributed by atoms with Crippen molar-refractivity contribution in [2.24, 2.45) is 46.2 Å². The highest BCUT2D eigenvalue weighted by atomic mass is 14.7. The molecule has 150 valence electrons. The molecule has 0 bridgehead atoms. The molecular weight excluding hydrogens is 302 g/mol. The molecule has 1 aliphatic rings. The summed E-state index contributed by atoms with van der Waals surface area (Å²) in [5, 5.41) is 0. The monoisotopic (exact) mass is 351 g/mol. The van der Waals surface area contributed by atoms with E-state index in [9.17, 15) is 0 Å². The minimum atomic E-state index is 0.270. The van der Waals surface area contributed by atoms with Gasteiger partial charge in [-0.3, -0.25) is 0 Å². The van der Waals surface area contributed by atoms with Crippen molar-refractivity contribution in [3.05, 3.63) is 0 Å². The first-order valence-electron chi connectivity index (χ1n) is 11.2. The summed E-state index contributed by atoms with van der Waals surface area (Å²) in [5.41, 5.74) is 7.41. The average Bonchev–Trinajstić information content (AvgIpc) is 2.55. The van der Waals surface area contributed by atoms with Crippen LogP contribution in [0.3, 0.4) is 0 Å². The molecule has 0 aromatic carbocycles. The van der Waals surface area contributed by atoms with Crippen LogP contribution in [0, 0.1) is 40.4 Å². The zero-order valence-corrected chi connectivity index (χ0v) is 19.0. The Kier molecular flexibility index (Phi) is 8.51. The van der Waals surface area contributed by atoms with Crippen molar-refractivity contribution in [3.8, 4) is 0 Å². The lowest BCUT2D eigenvalue weighted by atomic mass is 9.55. The van der Waals surface area contributed by atoms with Gasteiger partial charge in [-0.05, 0) is 66.1 Å². The third-order valence-electron chi connectivity index (χ3n) is 8.60. The lowest BCUT2D eigenvalue weighted by Gasteiger charge is -2.50. The maximum Gasteiger partial charge on any atom is 0.00903 e. The van der Waals surface area contributed by atoms with E-state index in [4.69, 9.17) is 5.73 Å². The third-order valence-corrected chi connectivity index (χ3v) is 8.60. The highest BCUT2D eigenvalue weighted by molar-refractivity contribution is 4.93. The third kappa shape index (κ3) is 5.72. The van der Waals surface area contributed by atoms with Gasteiger partial charge in [0.25, 0.3) is 0 Å². The second-order valence-corrected chi connectivity index (χ2v) is 10.8. The van der Waals surface area contributed by atoms with Crippen molar-refractivity contribution in [1.29, 1.82) is 0 Å². The standard InChI is InChI=1S/C24H49N/c1-10-17(3)23(6,7)15-12-16-24(8,9)22(25)14-13-21-19(5)18(4)20(21)11-2/h17-22H,10-16,25H2,1-9H3. The molecule has 1 saturated carbocycles. The highest BCUT2D eigenvalue weighted by Gasteiger charge is 2.43. The molecule has 0 radical (unpaired) electrons. The van der Waals surface area contributed by atoms with E-state index in [1.165, 1.54) is 44.9 Å². The van der Waals surface area contributed by atoms with E-state index in [0.717, 1.165) is 29.6 Å². The van der Waals surface area contributed by atoms with Gasteiger partial charge in [0, 0.05) is 6.04 Å². The van der Waals surface area contributed by atoms with E-state index in [1.54, 1.807) is 0 Å². The summed E-state index contributed by atoms with van der Waals surface area (Å²) in [6.45, 7) is 21.7. The van der Waals surface area contributed by atoms with Crippen LogP contribution < -0.4 is 5.73 Å². The van der Waals surface area contributed by atoms with E-state index in [0.29, 0.717) is 11.5 Å². The summed E-state index contributed by atoms with van der Waals surface area (Å²) >= 11 is 0. The predicted octanol–water partition coefficient (Wildman–Crippen LogP) is 7.29. The van der Waals surface area contributed by atoms with Crippen molar-refractivity contribution in [1.82, 2.24) is 0 Å². The quantitative estimate of drug-likeness (QED) is 0.415. The molecule has 25 heavy (non-hydrogen) atoms. The molecule has 0 spiro atoms. The Hall–Kier alpha value is -0.0400. The zero-order chi connectivity index (χ0) is 19.4. The molecule has 0 aliphatic heterocycles. The molecule has 6 unspecified atom stereocenters. The number of rotatable bonds is 11. The fourth-order valence-electron chi connectivity index (χ4n) is 5.31. The Bertz CT molecular complexity index is 384.